The summed E-state index contributed by atoms with van der Waals surface area (Å²) in [6, 6.07) is 0. The van der Waals surface area contributed by atoms with Crippen LogP contribution < -0.4 is 29.6 Å². The van der Waals surface area contributed by atoms with Crippen LogP contribution >= 0.6 is 71.8 Å². The number of carbonyl (C=O) groups excluding carboxylic acids is 1. The van der Waals surface area contributed by atoms with E-state index in [0.29, 0.717) is 4.32 Å². The Bertz CT molecular complexity index is 613. The molecule has 2 fully saturated rings. The van der Waals surface area contributed by atoms with E-state index in [4.69, 9.17) is 65.4 Å². The first-order valence-electron chi connectivity index (χ1n) is 11.3. The van der Waals surface area contributed by atoms with Crippen LogP contribution in [0.1, 0.15) is 79.1 Å². The van der Waals surface area contributed by atoms with E-state index in [9.17, 15) is 9.59 Å². The van der Waals surface area contributed by atoms with E-state index >= 15 is 0 Å². The number of alkyl halides is 3. The summed E-state index contributed by atoms with van der Waals surface area (Å²) in [6.45, 7) is 10.6. The minimum Gasteiger partial charge on any atom is -0.480 e. The molecule has 2 saturated heterocycles. The van der Waals surface area contributed by atoms with Crippen molar-refractivity contribution in [3.8, 4) is 0 Å². The quantitative estimate of drug-likeness (QED) is 0.206. The van der Waals surface area contributed by atoms with E-state index in [2.05, 4.69) is 21.4 Å². The van der Waals surface area contributed by atoms with Gasteiger partial charge in [0.05, 0.1) is 0 Å². The summed E-state index contributed by atoms with van der Waals surface area (Å²) in [5.74, 6) is -0.644. The van der Waals surface area contributed by atoms with Gasteiger partial charge in [0.15, 0.2) is 0 Å². The average molecular weight is 674 g/mol. The standard InChI is InChI=1S/C11H19NO2S2.C7H13NS2.C3H6O.CH2Cl3.ClH.Na/c1-11(2,9(13)14)16-10(15)12-7-5-3-4-6-8-12;9-7(10)8-5-3-1-2-4-6-8;1-3(2)4;2-1(3)4;;/h3-8H2,1-2H3,(H,13,14);1-6H2,(H,9,10);1-2H3;1-2H;1H;/q;;;+1;;+1/p-1. The van der Waals surface area contributed by atoms with Crippen LogP contribution in [0.25, 0.3) is 0 Å². The molecule has 2 heterocycles. The largest absolute Gasteiger partial charge is 1.00 e. The van der Waals surface area contributed by atoms with Gasteiger partial charge in [0, 0.05) is 26.2 Å². The second-order valence-electron chi connectivity index (χ2n) is 8.42. The van der Waals surface area contributed by atoms with Gasteiger partial charge in [-0.15, -0.1) is 12.4 Å². The van der Waals surface area contributed by atoms with Crippen molar-refractivity contribution in [1.29, 1.82) is 0 Å². The molecule has 0 atom stereocenters. The van der Waals surface area contributed by atoms with E-state index in [1.54, 1.807) is 13.8 Å². The predicted octanol–water partition coefficient (Wildman–Crippen LogP) is 3.49. The average Bonchev–Trinajstić information content (AvgIpc) is 3.13. The van der Waals surface area contributed by atoms with Crippen LogP contribution in [0.15, 0.2) is 0 Å². The van der Waals surface area contributed by atoms with Gasteiger partial charge >= 0.3 is 39.8 Å². The molecule has 36 heavy (non-hydrogen) atoms. The molecule has 1 N–H and O–H groups in total. The number of nitrogens with zero attached hydrogens (tertiary/aromatic N) is 2. The summed E-state index contributed by atoms with van der Waals surface area (Å²) < 4.78 is -0.0835. The number of halogens is 4. The zero-order valence-electron chi connectivity index (χ0n) is 21.9. The first-order valence-corrected chi connectivity index (χ1v) is 14.7. The predicted molar refractivity (Wildman–Crippen MR) is 162 cm³/mol. The SMILES string of the molecule is CC(C)(SC(=S)N1CCCCCC1)C(=O)O.CC(C)=O.Cl.ClC(Cl)[ClH+].S=C([S-])N1CCCCCC1.[Na+]. The van der Waals surface area contributed by atoms with Gasteiger partial charge in [-0.2, -0.15) is 0 Å². The molecule has 0 spiro atoms. The van der Waals surface area contributed by atoms with Crippen LogP contribution in [0.5, 0.6) is 0 Å². The fraction of sp³-hybridized carbons (Fsp3) is 0.818. The molecule has 0 aromatic rings. The molecule has 2 rings (SSSR count). The Kier molecular flexibility index (Phi) is 33.3. The van der Waals surface area contributed by atoms with Crippen LogP contribution in [-0.4, -0.2) is 70.5 Å². The molecule has 0 aromatic heterocycles. The molecule has 2 aliphatic heterocycles. The van der Waals surface area contributed by atoms with Gasteiger partial charge in [0.25, 0.3) is 0 Å². The Morgan fingerprint density at radius 3 is 1.44 bits per heavy atom. The van der Waals surface area contributed by atoms with Crippen molar-refractivity contribution in [2.45, 2.75) is 88.1 Å². The number of rotatable bonds is 2. The zero-order chi connectivity index (χ0) is 26.7. The van der Waals surface area contributed by atoms with Crippen molar-refractivity contribution in [2.75, 3.05) is 26.2 Å². The third-order valence-corrected chi connectivity index (χ3v) is 6.73. The topological polar surface area (TPSA) is 60.9 Å². The van der Waals surface area contributed by atoms with Crippen LogP contribution in [0, 0.1) is 11.6 Å². The molecule has 0 aromatic carbocycles. The maximum absolute atomic E-state index is 11.0. The van der Waals surface area contributed by atoms with Gasteiger partial charge in [-0.05, 0) is 76.6 Å². The Hall–Kier alpha value is 1.65. The Labute approximate surface area is 282 Å². The fourth-order valence-electron chi connectivity index (χ4n) is 2.83. The minimum absolute atomic E-state index is 0. The number of carboxylic acid groups (broad SMARTS) is 1. The van der Waals surface area contributed by atoms with Gasteiger partial charge in [0.1, 0.15) is 26.5 Å². The molecule has 2 aliphatic rings. The summed E-state index contributed by atoms with van der Waals surface area (Å²) in [5, 5.41) is 9.05. The number of ketones is 1. The summed E-state index contributed by atoms with van der Waals surface area (Å²) in [7, 11) is 0. The molecule has 0 radical (unpaired) electrons. The number of aliphatic carboxylic acids is 1. The first-order chi connectivity index (χ1) is 15.7. The number of Topliss-reactive ketones (excluding diaryl/α,β-unsaturated/α-hetero) is 1. The van der Waals surface area contributed by atoms with Crippen molar-refractivity contribution in [2.24, 2.45) is 0 Å². The number of hydrogen-bond donors (Lipinski definition) is 1. The molecule has 5 nitrogen and oxygen atoms in total. The Balaban J connectivity index is -0.000000220. The van der Waals surface area contributed by atoms with Crippen LogP contribution in [0.3, 0.4) is 0 Å². The van der Waals surface area contributed by atoms with E-state index < -0.39 is 15.0 Å². The van der Waals surface area contributed by atoms with Crippen LogP contribution in [0.4, 0.5) is 0 Å². The zero-order valence-corrected chi connectivity index (χ0v) is 30.3. The van der Waals surface area contributed by atoms with E-state index in [-0.39, 0.29) is 47.7 Å². The third-order valence-electron chi connectivity index (χ3n) is 4.59. The number of likely N-dealkylation sites (tertiary alicyclic amines) is 2. The molecule has 0 unspecified atom stereocenters. The smallest absolute Gasteiger partial charge is 0.480 e. The molecule has 14 heteroatoms. The number of carbonyl (C=O) groups is 2. The Morgan fingerprint density at radius 1 is 0.917 bits per heavy atom. The maximum atomic E-state index is 11.0. The third kappa shape index (κ3) is 28.7. The van der Waals surface area contributed by atoms with Gasteiger partial charge in [0.2, 0.25) is 0 Å². The second-order valence-corrected chi connectivity index (χ2v) is 13.8. The first kappa shape index (κ1) is 44.7. The van der Waals surface area contributed by atoms with Gasteiger partial charge in [-0.25, -0.2) is 0 Å². The fourth-order valence-corrected chi connectivity index (χ4v) is 4.84. The number of thiocarbonyl (C=S) groups is 2. The molecular formula is C22H40Cl4N2NaO3S4+. The molecule has 0 bridgehead atoms. The number of hydrogen-bond acceptors (Lipinski definition) is 6. The molecular weight excluding hydrogens is 633 g/mol. The Morgan fingerprint density at radius 2 is 1.19 bits per heavy atom. The number of thioether (sulfide) groups is 1. The summed E-state index contributed by atoms with van der Waals surface area (Å²) in [6.07, 6.45) is 10.0. The molecule has 0 aliphatic carbocycles. The van der Waals surface area contributed by atoms with E-state index in [1.165, 1.54) is 64.1 Å². The molecule has 208 valence electrons. The number of carboxylic acids is 1. The van der Waals surface area contributed by atoms with Gasteiger partial charge in [-0.3, -0.25) is 4.79 Å². The summed E-state index contributed by atoms with van der Waals surface area (Å²) in [5.41, 5.74) is 0. The summed E-state index contributed by atoms with van der Waals surface area (Å²) >= 11 is 30.3. The van der Waals surface area contributed by atoms with E-state index in [1.807, 2.05) is 0 Å². The van der Waals surface area contributed by atoms with Gasteiger partial charge < -0.3 is 44.5 Å². The minimum atomic E-state index is -0.830. The monoisotopic (exact) mass is 671 g/mol. The van der Waals surface area contributed by atoms with Crippen LogP contribution in [-0.2, 0) is 22.2 Å². The normalized spacial score (nSPS) is 15.3. The van der Waals surface area contributed by atoms with Crippen molar-refractivity contribution in [3.63, 3.8) is 0 Å². The van der Waals surface area contributed by atoms with Gasteiger partial charge in [-0.1, -0.05) is 54.0 Å². The van der Waals surface area contributed by atoms with E-state index in [0.717, 1.165) is 43.3 Å². The van der Waals surface area contributed by atoms with Crippen molar-refractivity contribution < 1.29 is 55.9 Å². The van der Waals surface area contributed by atoms with Crippen molar-refractivity contribution >= 4 is 105 Å². The molecule has 0 saturated carbocycles. The van der Waals surface area contributed by atoms with Crippen LogP contribution in [0.2, 0.25) is 0 Å². The van der Waals surface area contributed by atoms with Crippen molar-refractivity contribution in [3.05, 3.63) is 0 Å². The summed E-state index contributed by atoms with van der Waals surface area (Å²) in [4.78, 5) is 24.7. The second kappa shape index (κ2) is 26.9. The molecule has 0 amide bonds. The van der Waals surface area contributed by atoms with Crippen molar-refractivity contribution in [1.82, 2.24) is 9.80 Å². The maximum Gasteiger partial charge on any atom is 1.00 e.